The average molecular weight is 407 g/mol. The van der Waals surface area contributed by atoms with Crippen LogP contribution in [0.15, 0.2) is 4.79 Å². The van der Waals surface area contributed by atoms with E-state index < -0.39 is 0 Å². The number of nitrogen functional groups attached to an aromatic ring is 1. The van der Waals surface area contributed by atoms with Crippen molar-refractivity contribution < 1.29 is 14.3 Å². The number of aromatic nitrogens is 4. The van der Waals surface area contributed by atoms with Gasteiger partial charge in [0.15, 0.2) is 11.5 Å². The van der Waals surface area contributed by atoms with Gasteiger partial charge < -0.3 is 20.2 Å². The second kappa shape index (κ2) is 9.70. The van der Waals surface area contributed by atoms with Gasteiger partial charge in [0.05, 0.1) is 20.3 Å². The Hall–Kier alpha value is -2.66. The standard InChI is InChI=1S/C18H29N7O4/c1-3-4-11-29-17-21-15(19)14-16(22-17)25(18(27)20-14)10-9-23-5-7-24(8-6-23)12-13(26)28-2/h3-12H2,1-2H3,(H,20,27)(H2,19,21,22). The number of carbonyl (C=O) groups is 1. The van der Waals surface area contributed by atoms with Gasteiger partial charge in [0, 0.05) is 39.3 Å². The lowest BCUT2D eigenvalue weighted by Crippen LogP contribution is -2.48. The predicted molar refractivity (Wildman–Crippen MR) is 108 cm³/mol. The number of aromatic amines is 1. The van der Waals surface area contributed by atoms with E-state index in [1.807, 2.05) is 0 Å². The molecule has 3 heterocycles. The molecule has 29 heavy (non-hydrogen) atoms. The molecule has 1 fully saturated rings. The third kappa shape index (κ3) is 5.24. The highest BCUT2D eigenvalue weighted by atomic mass is 16.5. The number of fused-ring (bicyclic) bond motifs is 1. The summed E-state index contributed by atoms with van der Waals surface area (Å²) < 4.78 is 11.8. The van der Waals surface area contributed by atoms with E-state index in [0.29, 0.717) is 37.4 Å². The molecule has 3 N–H and O–H groups in total. The third-order valence-electron chi connectivity index (χ3n) is 5.04. The maximum absolute atomic E-state index is 12.4. The monoisotopic (exact) mass is 407 g/mol. The van der Waals surface area contributed by atoms with Crippen LogP contribution in [0.4, 0.5) is 5.82 Å². The molecule has 1 saturated heterocycles. The first-order valence-electron chi connectivity index (χ1n) is 9.92. The van der Waals surface area contributed by atoms with Gasteiger partial charge in [-0.3, -0.25) is 19.2 Å². The Morgan fingerprint density at radius 3 is 2.59 bits per heavy atom. The summed E-state index contributed by atoms with van der Waals surface area (Å²) in [7, 11) is 1.40. The molecule has 0 bridgehead atoms. The second-order valence-electron chi connectivity index (χ2n) is 7.07. The number of hydrogen-bond donors (Lipinski definition) is 2. The molecule has 0 saturated carbocycles. The summed E-state index contributed by atoms with van der Waals surface area (Å²) in [6, 6.07) is 0.188. The van der Waals surface area contributed by atoms with Crippen LogP contribution >= 0.6 is 0 Å². The van der Waals surface area contributed by atoms with Crippen LogP contribution in [0.25, 0.3) is 11.2 Å². The lowest BCUT2D eigenvalue weighted by atomic mass is 10.3. The number of unbranched alkanes of at least 4 members (excludes halogenated alkanes) is 1. The van der Waals surface area contributed by atoms with Crippen molar-refractivity contribution in [3.05, 3.63) is 10.5 Å². The third-order valence-corrected chi connectivity index (χ3v) is 5.04. The first kappa shape index (κ1) is 21.1. The molecular formula is C18H29N7O4. The minimum absolute atomic E-state index is 0.188. The summed E-state index contributed by atoms with van der Waals surface area (Å²) in [5.74, 6) is -0.0215. The molecule has 0 aliphatic carbocycles. The molecule has 11 nitrogen and oxygen atoms in total. The summed E-state index contributed by atoms with van der Waals surface area (Å²) in [6.07, 6.45) is 1.89. The largest absolute Gasteiger partial charge is 0.468 e. The SMILES string of the molecule is CCCCOc1nc(N)c2[nH]c(=O)n(CCN3CCN(CC(=O)OC)CC3)c2n1. The molecule has 0 spiro atoms. The molecule has 1 aliphatic heterocycles. The number of nitrogens with two attached hydrogens (primary N) is 1. The molecule has 0 atom stereocenters. The number of methoxy groups -OCH3 is 1. The number of imidazole rings is 1. The molecule has 0 amide bonds. The van der Waals surface area contributed by atoms with Gasteiger partial charge >= 0.3 is 17.7 Å². The summed E-state index contributed by atoms with van der Waals surface area (Å²) in [6.45, 7) is 7.24. The highest BCUT2D eigenvalue weighted by Crippen LogP contribution is 2.18. The minimum Gasteiger partial charge on any atom is -0.468 e. The zero-order chi connectivity index (χ0) is 20.8. The van der Waals surface area contributed by atoms with Crippen molar-refractivity contribution in [3.63, 3.8) is 0 Å². The van der Waals surface area contributed by atoms with E-state index in [-0.39, 0.29) is 23.5 Å². The van der Waals surface area contributed by atoms with Gasteiger partial charge in [0.25, 0.3) is 0 Å². The Kier molecular flexibility index (Phi) is 7.04. The second-order valence-corrected chi connectivity index (χ2v) is 7.07. The summed E-state index contributed by atoms with van der Waals surface area (Å²) in [5, 5.41) is 0. The summed E-state index contributed by atoms with van der Waals surface area (Å²) in [5.41, 5.74) is 6.60. The number of hydrogen-bond acceptors (Lipinski definition) is 9. The van der Waals surface area contributed by atoms with Gasteiger partial charge in [0.2, 0.25) is 0 Å². The Labute approximate surface area is 168 Å². The molecule has 11 heteroatoms. The van der Waals surface area contributed by atoms with E-state index in [9.17, 15) is 9.59 Å². The molecule has 0 radical (unpaired) electrons. The quantitative estimate of drug-likeness (QED) is 0.424. The van der Waals surface area contributed by atoms with Crippen LogP contribution in [0.5, 0.6) is 6.01 Å². The molecular weight excluding hydrogens is 378 g/mol. The van der Waals surface area contributed by atoms with Gasteiger partial charge in [-0.05, 0) is 6.42 Å². The fourth-order valence-electron chi connectivity index (χ4n) is 3.27. The number of nitrogens with one attached hydrogen (secondary N) is 1. The molecule has 0 unspecified atom stereocenters. The van der Waals surface area contributed by atoms with Crippen LogP contribution in [0.1, 0.15) is 19.8 Å². The van der Waals surface area contributed by atoms with E-state index in [4.69, 9.17) is 15.2 Å². The van der Waals surface area contributed by atoms with Gasteiger partial charge in [-0.25, -0.2) is 4.79 Å². The molecule has 2 aromatic rings. The van der Waals surface area contributed by atoms with Crippen LogP contribution in [0.3, 0.4) is 0 Å². The maximum Gasteiger partial charge on any atom is 0.327 e. The Balaban J connectivity index is 1.63. The topological polar surface area (TPSA) is 132 Å². The average Bonchev–Trinajstić information content (AvgIpc) is 3.03. The zero-order valence-electron chi connectivity index (χ0n) is 17.0. The van der Waals surface area contributed by atoms with Crippen LogP contribution in [-0.2, 0) is 16.1 Å². The van der Waals surface area contributed by atoms with Crippen LogP contribution < -0.4 is 16.2 Å². The number of H-pyrrole nitrogens is 1. The minimum atomic E-state index is -0.268. The highest BCUT2D eigenvalue weighted by molar-refractivity contribution is 5.81. The van der Waals surface area contributed by atoms with Crippen molar-refractivity contribution >= 4 is 23.0 Å². The first-order chi connectivity index (χ1) is 14.0. The van der Waals surface area contributed by atoms with Crippen molar-refractivity contribution in [1.82, 2.24) is 29.3 Å². The van der Waals surface area contributed by atoms with Crippen molar-refractivity contribution in [2.24, 2.45) is 0 Å². The van der Waals surface area contributed by atoms with Gasteiger partial charge in [-0.1, -0.05) is 13.3 Å². The van der Waals surface area contributed by atoms with Gasteiger partial charge in [0.1, 0.15) is 5.52 Å². The lowest BCUT2D eigenvalue weighted by molar-refractivity contribution is -0.142. The molecule has 2 aromatic heterocycles. The first-order valence-corrected chi connectivity index (χ1v) is 9.92. The van der Waals surface area contributed by atoms with Crippen molar-refractivity contribution in [2.75, 3.05) is 58.7 Å². The number of ether oxygens (including phenoxy) is 2. The fraction of sp³-hybridized carbons (Fsp3) is 0.667. The van der Waals surface area contributed by atoms with Gasteiger partial charge in [-0.2, -0.15) is 9.97 Å². The number of anilines is 1. The molecule has 0 aromatic carbocycles. The van der Waals surface area contributed by atoms with Crippen molar-refractivity contribution in [3.8, 4) is 6.01 Å². The van der Waals surface area contributed by atoms with Crippen molar-refractivity contribution in [2.45, 2.75) is 26.3 Å². The highest BCUT2D eigenvalue weighted by Gasteiger charge is 2.20. The smallest absolute Gasteiger partial charge is 0.327 e. The number of rotatable bonds is 9. The van der Waals surface area contributed by atoms with E-state index in [2.05, 4.69) is 31.7 Å². The number of esters is 1. The lowest BCUT2D eigenvalue weighted by Gasteiger charge is -2.33. The van der Waals surface area contributed by atoms with E-state index in [0.717, 1.165) is 39.0 Å². The number of carbonyl (C=O) groups excluding carboxylic acids is 1. The fourth-order valence-corrected chi connectivity index (χ4v) is 3.27. The van der Waals surface area contributed by atoms with Crippen LogP contribution in [-0.4, -0.2) is 88.3 Å². The van der Waals surface area contributed by atoms with Crippen molar-refractivity contribution in [1.29, 1.82) is 0 Å². The number of piperazine rings is 1. The Bertz CT molecular complexity index is 886. The van der Waals surface area contributed by atoms with Gasteiger partial charge in [-0.15, -0.1) is 0 Å². The Morgan fingerprint density at radius 2 is 1.90 bits per heavy atom. The maximum atomic E-state index is 12.4. The van der Waals surface area contributed by atoms with Crippen LogP contribution in [0, 0.1) is 0 Å². The predicted octanol–water partition coefficient (Wildman–Crippen LogP) is -0.329. The van der Waals surface area contributed by atoms with E-state index in [1.54, 1.807) is 4.57 Å². The molecule has 1 aliphatic rings. The summed E-state index contributed by atoms with van der Waals surface area (Å²) >= 11 is 0. The normalized spacial score (nSPS) is 15.7. The van der Waals surface area contributed by atoms with E-state index >= 15 is 0 Å². The van der Waals surface area contributed by atoms with E-state index in [1.165, 1.54) is 7.11 Å². The molecule has 3 rings (SSSR count). The van der Waals surface area contributed by atoms with Crippen LogP contribution in [0.2, 0.25) is 0 Å². The summed E-state index contributed by atoms with van der Waals surface area (Å²) in [4.78, 5) is 39.4. The molecule has 160 valence electrons. The Morgan fingerprint density at radius 1 is 1.17 bits per heavy atom. The number of nitrogens with zero attached hydrogens (tertiary/aromatic N) is 5. The zero-order valence-corrected chi connectivity index (χ0v) is 17.0.